The van der Waals surface area contributed by atoms with Crippen LogP contribution in [-0.4, -0.2) is 39.5 Å². The second kappa shape index (κ2) is 8.84. The van der Waals surface area contributed by atoms with E-state index in [2.05, 4.69) is 9.97 Å². The molecule has 1 N–H and O–H groups in total. The van der Waals surface area contributed by atoms with Gasteiger partial charge in [-0.25, -0.2) is 13.8 Å². The van der Waals surface area contributed by atoms with Crippen molar-refractivity contribution in [3.63, 3.8) is 0 Å². The number of alkyl halides is 3. The molecular formula is C23H20F5N3O2. The van der Waals surface area contributed by atoms with E-state index in [9.17, 15) is 26.7 Å². The van der Waals surface area contributed by atoms with Crippen molar-refractivity contribution in [3.05, 3.63) is 71.6 Å². The summed E-state index contributed by atoms with van der Waals surface area (Å²) >= 11 is 0. The number of nitrogens with one attached hydrogen (secondary N) is 1. The number of ether oxygens (including phenoxy) is 1. The lowest BCUT2D eigenvalue weighted by atomic mass is 9.96. The fraction of sp³-hybridized carbons (Fsp3) is 0.304. The molecule has 0 saturated carbocycles. The SMILES string of the molecule is C[C@H]1[C@H](Oc2ncc(C(F)(F)F)cc2F)CCCN1C(=O)c1cccc(F)c1-c1ccc[nH]1. The Kier molecular flexibility index (Phi) is 6.09. The van der Waals surface area contributed by atoms with Crippen molar-refractivity contribution in [3.8, 4) is 17.1 Å². The number of pyridine rings is 1. The first-order valence-electron chi connectivity index (χ1n) is 10.3. The summed E-state index contributed by atoms with van der Waals surface area (Å²) in [5, 5.41) is 0. The highest BCUT2D eigenvalue weighted by Gasteiger charge is 2.36. The van der Waals surface area contributed by atoms with Crippen molar-refractivity contribution in [1.82, 2.24) is 14.9 Å². The van der Waals surface area contributed by atoms with Crippen LogP contribution in [-0.2, 0) is 6.18 Å². The van der Waals surface area contributed by atoms with Crippen LogP contribution in [0.1, 0.15) is 35.7 Å². The number of carbonyl (C=O) groups is 1. The average Bonchev–Trinajstić information content (AvgIpc) is 3.29. The molecule has 1 amide bonds. The Labute approximate surface area is 186 Å². The zero-order chi connectivity index (χ0) is 23.8. The van der Waals surface area contributed by atoms with Crippen LogP contribution >= 0.6 is 0 Å². The van der Waals surface area contributed by atoms with Gasteiger partial charge in [0.05, 0.1) is 17.2 Å². The summed E-state index contributed by atoms with van der Waals surface area (Å²) < 4.78 is 72.7. The fourth-order valence-corrected chi connectivity index (χ4v) is 3.98. The van der Waals surface area contributed by atoms with Gasteiger partial charge in [-0.3, -0.25) is 4.79 Å². The van der Waals surface area contributed by atoms with Crippen molar-refractivity contribution in [2.24, 2.45) is 0 Å². The van der Waals surface area contributed by atoms with Gasteiger partial charge in [-0.1, -0.05) is 6.07 Å². The van der Waals surface area contributed by atoms with E-state index in [1.54, 1.807) is 25.3 Å². The van der Waals surface area contributed by atoms with E-state index in [1.807, 2.05) is 0 Å². The number of halogens is 5. The van der Waals surface area contributed by atoms with Crippen LogP contribution in [0.5, 0.6) is 5.88 Å². The number of hydrogen-bond acceptors (Lipinski definition) is 3. The first-order valence-corrected chi connectivity index (χ1v) is 10.3. The number of amides is 1. The zero-order valence-corrected chi connectivity index (χ0v) is 17.5. The zero-order valence-electron chi connectivity index (χ0n) is 17.5. The number of aromatic nitrogens is 2. The molecule has 5 nitrogen and oxygen atoms in total. The van der Waals surface area contributed by atoms with E-state index < -0.39 is 47.3 Å². The normalized spacial score (nSPS) is 18.9. The summed E-state index contributed by atoms with van der Waals surface area (Å²) in [5.74, 6) is -2.79. The lowest BCUT2D eigenvalue weighted by Gasteiger charge is -2.39. The molecule has 10 heteroatoms. The lowest BCUT2D eigenvalue weighted by molar-refractivity contribution is -0.138. The van der Waals surface area contributed by atoms with Gasteiger partial charge >= 0.3 is 6.18 Å². The first-order chi connectivity index (χ1) is 15.7. The number of piperidine rings is 1. The van der Waals surface area contributed by atoms with E-state index >= 15 is 0 Å². The Hall–Kier alpha value is -3.43. The van der Waals surface area contributed by atoms with Gasteiger partial charge in [0.15, 0.2) is 5.82 Å². The molecule has 1 aliphatic heterocycles. The molecule has 0 spiro atoms. The predicted molar refractivity (Wildman–Crippen MR) is 110 cm³/mol. The Balaban J connectivity index is 1.57. The minimum Gasteiger partial charge on any atom is -0.470 e. The van der Waals surface area contributed by atoms with Crippen LogP contribution in [0.25, 0.3) is 11.3 Å². The van der Waals surface area contributed by atoms with E-state index in [4.69, 9.17) is 4.74 Å². The van der Waals surface area contributed by atoms with Crippen LogP contribution in [0.3, 0.4) is 0 Å². The van der Waals surface area contributed by atoms with Gasteiger partial charge in [0.1, 0.15) is 11.9 Å². The number of aromatic amines is 1. The summed E-state index contributed by atoms with van der Waals surface area (Å²) in [5.41, 5.74) is -0.476. The Morgan fingerprint density at radius 1 is 1.18 bits per heavy atom. The number of benzene rings is 1. The molecule has 3 heterocycles. The maximum absolute atomic E-state index is 14.6. The third-order valence-corrected chi connectivity index (χ3v) is 5.69. The second-order valence-electron chi connectivity index (χ2n) is 7.79. The maximum Gasteiger partial charge on any atom is 0.417 e. The van der Waals surface area contributed by atoms with E-state index in [1.165, 1.54) is 23.1 Å². The molecule has 4 rings (SSSR count). The summed E-state index contributed by atoms with van der Waals surface area (Å²) in [7, 11) is 0. The summed E-state index contributed by atoms with van der Waals surface area (Å²) in [6.07, 6.45) is -2.35. The molecule has 3 aromatic rings. The molecule has 0 aliphatic carbocycles. The van der Waals surface area contributed by atoms with Gasteiger partial charge in [0.2, 0.25) is 0 Å². The topological polar surface area (TPSA) is 58.2 Å². The molecule has 33 heavy (non-hydrogen) atoms. The number of carbonyl (C=O) groups excluding carboxylic acids is 1. The van der Waals surface area contributed by atoms with Crippen LogP contribution in [0.4, 0.5) is 22.0 Å². The molecule has 1 aliphatic rings. The highest BCUT2D eigenvalue weighted by atomic mass is 19.4. The fourth-order valence-electron chi connectivity index (χ4n) is 3.98. The number of hydrogen-bond donors (Lipinski definition) is 1. The molecule has 2 aromatic heterocycles. The smallest absolute Gasteiger partial charge is 0.417 e. The standard InChI is InChI=1S/C23H20F5N3O2/c1-13-19(33-21-17(25)11-14(12-30-21)23(26,27)28)8-4-10-31(13)22(32)15-5-2-6-16(24)20(15)18-7-3-9-29-18/h2-3,5-7,9,11-13,19,29H,4,8,10H2,1H3/t13-,19+/m0/s1. The summed E-state index contributed by atoms with van der Waals surface area (Å²) in [4.78, 5) is 21.3. The highest BCUT2D eigenvalue weighted by Crippen LogP contribution is 2.33. The number of nitrogens with zero attached hydrogens (tertiary/aromatic N) is 2. The predicted octanol–water partition coefficient (Wildman–Crippen LogP) is 5.45. The monoisotopic (exact) mass is 465 g/mol. The Morgan fingerprint density at radius 2 is 1.97 bits per heavy atom. The van der Waals surface area contributed by atoms with Gasteiger partial charge in [-0.15, -0.1) is 0 Å². The number of H-pyrrole nitrogens is 1. The quantitative estimate of drug-likeness (QED) is 0.522. The minimum atomic E-state index is -4.73. The van der Waals surface area contributed by atoms with Crippen molar-refractivity contribution >= 4 is 5.91 Å². The lowest BCUT2D eigenvalue weighted by Crippen LogP contribution is -2.51. The molecule has 2 atom stereocenters. The molecule has 0 unspecified atom stereocenters. The highest BCUT2D eigenvalue weighted by molar-refractivity contribution is 6.00. The molecule has 174 valence electrons. The third-order valence-electron chi connectivity index (χ3n) is 5.69. The molecule has 0 bridgehead atoms. The Morgan fingerprint density at radius 3 is 2.64 bits per heavy atom. The van der Waals surface area contributed by atoms with Crippen molar-refractivity contribution in [2.75, 3.05) is 6.54 Å². The molecule has 0 radical (unpaired) electrons. The van der Waals surface area contributed by atoms with Gasteiger partial charge < -0.3 is 14.6 Å². The number of rotatable bonds is 4. The largest absolute Gasteiger partial charge is 0.470 e. The summed E-state index contributed by atoms with van der Waals surface area (Å²) in [6, 6.07) is 7.34. The van der Waals surface area contributed by atoms with Gasteiger partial charge in [-0.05, 0) is 50.1 Å². The molecular weight excluding hydrogens is 445 g/mol. The van der Waals surface area contributed by atoms with Gasteiger partial charge in [0, 0.05) is 30.2 Å². The van der Waals surface area contributed by atoms with Crippen molar-refractivity contribution in [2.45, 2.75) is 38.1 Å². The average molecular weight is 465 g/mol. The van der Waals surface area contributed by atoms with Crippen LogP contribution in [0.2, 0.25) is 0 Å². The minimum absolute atomic E-state index is 0.137. The van der Waals surface area contributed by atoms with E-state index in [-0.39, 0.29) is 11.1 Å². The van der Waals surface area contributed by atoms with Crippen molar-refractivity contribution < 1.29 is 31.5 Å². The molecule has 1 fully saturated rings. The van der Waals surface area contributed by atoms with Gasteiger partial charge in [0.25, 0.3) is 11.8 Å². The van der Waals surface area contributed by atoms with Crippen molar-refractivity contribution in [1.29, 1.82) is 0 Å². The van der Waals surface area contributed by atoms with Gasteiger partial charge in [-0.2, -0.15) is 13.2 Å². The van der Waals surface area contributed by atoms with E-state index in [0.29, 0.717) is 37.3 Å². The van der Waals surface area contributed by atoms with E-state index in [0.717, 1.165) is 0 Å². The van der Waals surface area contributed by atoms with Crippen LogP contribution in [0.15, 0.2) is 48.8 Å². The molecule has 1 saturated heterocycles. The van der Waals surface area contributed by atoms with Crippen LogP contribution < -0.4 is 4.74 Å². The Bertz CT molecular complexity index is 1150. The summed E-state index contributed by atoms with van der Waals surface area (Å²) in [6.45, 7) is 2.06. The first kappa shape index (κ1) is 22.8. The number of likely N-dealkylation sites (tertiary alicyclic amines) is 1. The second-order valence-corrected chi connectivity index (χ2v) is 7.79. The van der Waals surface area contributed by atoms with Crippen LogP contribution in [0, 0.1) is 11.6 Å². The maximum atomic E-state index is 14.6. The third kappa shape index (κ3) is 4.55. The molecule has 1 aromatic carbocycles.